The Bertz CT molecular complexity index is 912. The molecule has 0 unspecified atom stereocenters. The van der Waals surface area contributed by atoms with E-state index in [2.05, 4.69) is 6.92 Å². The van der Waals surface area contributed by atoms with E-state index in [-0.39, 0.29) is 5.91 Å². The summed E-state index contributed by atoms with van der Waals surface area (Å²) in [5, 5.41) is 0.944. The van der Waals surface area contributed by atoms with Gasteiger partial charge in [0, 0.05) is 24.0 Å². The summed E-state index contributed by atoms with van der Waals surface area (Å²) >= 11 is 0. The van der Waals surface area contributed by atoms with E-state index in [1.165, 1.54) is 12.8 Å². The van der Waals surface area contributed by atoms with Crippen molar-refractivity contribution in [2.75, 3.05) is 13.1 Å². The Labute approximate surface area is 159 Å². The zero-order valence-electron chi connectivity index (χ0n) is 15.7. The highest BCUT2D eigenvalue weighted by Gasteiger charge is 2.30. The molecule has 4 nitrogen and oxygen atoms in total. The van der Waals surface area contributed by atoms with E-state index in [0.717, 1.165) is 41.8 Å². The monoisotopic (exact) mass is 363 g/mol. The Morgan fingerprint density at radius 3 is 2.59 bits per heavy atom. The van der Waals surface area contributed by atoms with Crippen molar-refractivity contribution in [2.24, 2.45) is 5.92 Å². The van der Waals surface area contributed by atoms with Crippen molar-refractivity contribution in [2.45, 2.75) is 32.8 Å². The van der Waals surface area contributed by atoms with Crippen LogP contribution in [0.1, 0.15) is 42.3 Å². The third-order valence-corrected chi connectivity index (χ3v) is 4.98. The van der Waals surface area contributed by atoms with Crippen LogP contribution in [-0.2, 0) is 6.61 Å². The Morgan fingerprint density at radius 2 is 1.85 bits per heavy atom. The number of ether oxygens (including phenoxy) is 1. The van der Waals surface area contributed by atoms with Gasteiger partial charge in [-0.2, -0.15) is 0 Å². The van der Waals surface area contributed by atoms with Gasteiger partial charge in [-0.05, 0) is 43.4 Å². The molecule has 1 fully saturated rings. The maximum Gasteiger partial charge on any atom is 0.290 e. The van der Waals surface area contributed by atoms with Crippen LogP contribution < -0.4 is 4.74 Å². The van der Waals surface area contributed by atoms with Crippen molar-refractivity contribution in [3.63, 3.8) is 0 Å². The van der Waals surface area contributed by atoms with Crippen molar-refractivity contribution in [1.29, 1.82) is 0 Å². The number of rotatable bonds is 8. The maximum atomic E-state index is 13.3. The Hall–Kier alpha value is -2.75. The first-order valence-electron chi connectivity index (χ1n) is 9.73. The van der Waals surface area contributed by atoms with Gasteiger partial charge in [-0.3, -0.25) is 4.79 Å². The van der Waals surface area contributed by atoms with Crippen LogP contribution >= 0.6 is 0 Å². The highest BCUT2D eigenvalue weighted by atomic mass is 16.5. The first-order chi connectivity index (χ1) is 13.3. The molecular formula is C23H25NO3. The summed E-state index contributed by atoms with van der Waals surface area (Å²) in [7, 11) is 0. The van der Waals surface area contributed by atoms with Crippen LogP contribution in [0.15, 0.2) is 59.0 Å². The van der Waals surface area contributed by atoms with E-state index in [9.17, 15) is 4.79 Å². The minimum absolute atomic E-state index is 0.0217. The fourth-order valence-corrected chi connectivity index (χ4v) is 3.39. The Balaban J connectivity index is 1.65. The molecule has 0 atom stereocenters. The van der Waals surface area contributed by atoms with Crippen molar-refractivity contribution >= 4 is 16.9 Å². The molecule has 140 valence electrons. The van der Waals surface area contributed by atoms with E-state index in [0.29, 0.717) is 18.3 Å². The van der Waals surface area contributed by atoms with Gasteiger partial charge in [0.15, 0.2) is 5.76 Å². The smallest absolute Gasteiger partial charge is 0.290 e. The van der Waals surface area contributed by atoms with Crippen LogP contribution in [0.25, 0.3) is 11.0 Å². The average Bonchev–Trinajstić information content (AvgIpc) is 3.45. The Kier molecular flexibility index (Phi) is 5.14. The quantitative estimate of drug-likeness (QED) is 0.547. The average molecular weight is 363 g/mol. The summed E-state index contributed by atoms with van der Waals surface area (Å²) in [5.74, 6) is 1.83. The van der Waals surface area contributed by atoms with Crippen LogP contribution in [0.3, 0.4) is 0 Å². The van der Waals surface area contributed by atoms with Crippen LogP contribution in [0.2, 0.25) is 0 Å². The zero-order valence-corrected chi connectivity index (χ0v) is 15.7. The molecule has 27 heavy (non-hydrogen) atoms. The van der Waals surface area contributed by atoms with Crippen molar-refractivity contribution in [1.82, 2.24) is 4.90 Å². The normalized spacial score (nSPS) is 13.7. The van der Waals surface area contributed by atoms with Gasteiger partial charge in [0.1, 0.15) is 17.9 Å². The highest BCUT2D eigenvalue weighted by Crippen LogP contribution is 2.32. The molecule has 0 bridgehead atoms. The van der Waals surface area contributed by atoms with Crippen LogP contribution in [0.5, 0.6) is 5.75 Å². The summed E-state index contributed by atoms with van der Waals surface area (Å²) in [4.78, 5) is 15.2. The number of carbonyl (C=O) groups is 1. The summed E-state index contributed by atoms with van der Waals surface area (Å²) in [6.07, 6.45) is 3.38. The lowest BCUT2D eigenvalue weighted by atomic mass is 10.1. The fraction of sp³-hybridized carbons (Fsp3) is 0.348. The number of hydrogen-bond donors (Lipinski definition) is 0. The van der Waals surface area contributed by atoms with E-state index in [4.69, 9.17) is 9.15 Å². The van der Waals surface area contributed by atoms with Gasteiger partial charge in [0.2, 0.25) is 0 Å². The third-order valence-electron chi connectivity index (χ3n) is 4.98. The summed E-state index contributed by atoms with van der Waals surface area (Å²) in [5.41, 5.74) is 1.56. The second kappa shape index (κ2) is 7.87. The molecule has 0 N–H and O–H groups in total. The van der Waals surface area contributed by atoms with Crippen LogP contribution in [0, 0.1) is 5.92 Å². The summed E-state index contributed by atoms with van der Waals surface area (Å²) in [6.45, 7) is 3.99. The molecule has 1 aliphatic carbocycles. The molecular weight excluding hydrogens is 338 g/mol. The molecule has 0 aliphatic heterocycles. The lowest BCUT2D eigenvalue weighted by Gasteiger charge is -2.21. The molecule has 4 rings (SSSR count). The van der Waals surface area contributed by atoms with E-state index < -0.39 is 0 Å². The van der Waals surface area contributed by atoms with E-state index in [1.807, 2.05) is 59.5 Å². The molecule has 3 aromatic rings. The molecule has 0 spiro atoms. The van der Waals surface area contributed by atoms with Crippen molar-refractivity contribution < 1.29 is 13.9 Å². The molecule has 1 saturated carbocycles. The number of nitrogens with zero attached hydrogens (tertiary/aromatic N) is 1. The van der Waals surface area contributed by atoms with E-state index >= 15 is 0 Å². The van der Waals surface area contributed by atoms with Gasteiger partial charge in [-0.1, -0.05) is 43.3 Å². The minimum Gasteiger partial charge on any atom is -0.489 e. The summed E-state index contributed by atoms with van der Waals surface area (Å²) < 4.78 is 12.0. The van der Waals surface area contributed by atoms with Crippen molar-refractivity contribution in [3.05, 3.63) is 65.9 Å². The molecule has 0 saturated heterocycles. The van der Waals surface area contributed by atoms with Gasteiger partial charge >= 0.3 is 0 Å². The number of fused-ring (bicyclic) bond motifs is 1. The van der Waals surface area contributed by atoms with Crippen LogP contribution in [0.4, 0.5) is 0 Å². The first-order valence-corrected chi connectivity index (χ1v) is 9.73. The molecule has 1 aliphatic rings. The third kappa shape index (κ3) is 4.00. The van der Waals surface area contributed by atoms with Gasteiger partial charge in [-0.25, -0.2) is 0 Å². The second-order valence-electron chi connectivity index (χ2n) is 7.20. The highest BCUT2D eigenvalue weighted by molar-refractivity contribution is 5.99. The lowest BCUT2D eigenvalue weighted by Crippen LogP contribution is -2.34. The number of hydrogen-bond acceptors (Lipinski definition) is 3. The van der Waals surface area contributed by atoms with Crippen molar-refractivity contribution in [3.8, 4) is 5.75 Å². The van der Waals surface area contributed by atoms with E-state index in [1.54, 1.807) is 0 Å². The van der Waals surface area contributed by atoms with Gasteiger partial charge < -0.3 is 14.1 Å². The second-order valence-corrected chi connectivity index (χ2v) is 7.20. The number of furan rings is 1. The zero-order chi connectivity index (χ0) is 18.6. The standard InChI is InChI=1S/C23H25NO3/c1-2-14-24(15-17-12-13-17)23(25)22-20(16-26-18-8-4-3-5-9-18)19-10-6-7-11-21(19)27-22/h3-11,17H,2,12-16H2,1H3. The number of carbonyl (C=O) groups excluding carboxylic acids is 1. The molecule has 1 amide bonds. The predicted octanol–water partition coefficient (Wildman–Crippen LogP) is 5.27. The number of para-hydroxylation sites is 2. The fourth-order valence-electron chi connectivity index (χ4n) is 3.39. The van der Waals surface area contributed by atoms with Crippen LogP contribution in [-0.4, -0.2) is 23.9 Å². The van der Waals surface area contributed by atoms with Gasteiger partial charge in [0.05, 0.1) is 0 Å². The number of amides is 1. The van der Waals surface area contributed by atoms with Gasteiger partial charge in [0.25, 0.3) is 5.91 Å². The molecule has 1 heterocycles. The lowest BCUT2D eigenvalue weighted by molar-refractivity contribution is 0.0714. The topological polar surface area (TPSA) is 42.7 Å². The first kappa shape index (κ1) is 17.7. The molecule has 0 radical (unpaired) electrons. The largest absolute Gasteiger partial charge is 0.489 e. The minimum atomic E-state index is -0.0217. The predicted molar refractivity (Wildman–Crippen MR) is 106 cm³/mol. The summed E-state index contributed by atoms with van der Waals surface area (Å²) in [6, 6.07) is 17.5. The molecule has 1 aromatic heterocycles. The number of benzene rings is 2. The van der Waals surface area contributed by atoms with Gasteiger partial charge in [-0.15, -0.1) is 0 Å². The Morgan fingerprint density at radius 1 is 1.11 bits per heavy atom. The maximum absolute atomic E-state index is 13.3. The molecule has 4 heteroatoms. The SMILES string of the molecule is CCCN(CC1CC1)C(=O)c1oc2ccccc2c1COc1ccccc1. The molecule has 2 aromatic carbocycles.